The highest BCUT2D eigenvalue weighted by Gasteiger charge is 2.53. The van der Waals surface area contributed by atoms with Crippen LogP contribution in [0, 0.1) is 19.8 Å². The van der Waals surface area contributed by atoms with Gasteiger partial charge in [-0.2, -0.15) is 0 Å². The van der Waals surface area contributed by atoms with Crippen molar-refractivity contribution >= 4 is 29.1 Å². The third-order valence-corrected chi connectivity index (χ3v) is 16.0. The highest BCUT2D eigenvalue weighted by Crippen LogP contribution is 2.44. The number of phenols is 4. The molecule has 4 heterocycles. The average molecular weight is 1200 g/mol. The van der Waals surface area contributed by atoms with Crippen molar-refractivity contribution < 1.29 is 138 Å². The Morgan fingerprint density at radius 2 is 0.894 bits per heavy atom. The highest BCUT2D eigenvalue weighted by atomic mass is 16.8. The molecule has 4 aromatic rings. The molecule has 4 fully saturated rings. The summed E-state index contributed by atoms with van der Waals surface area (Å²) >= 11 is 0. The predicted molar refractivity (Wildman–Crippen MR) is 280 cm³/mol. The normalized spacial score (nSPS) is 34.2. The second-order valence-electron chi connectivity index (χ2n) is 21.5. The molecule has 0 aromatic heterocycles. The van der Waals surface area contributed by atoms with E-state index in [1.807, 2.05) is 0 Å². The summed E-state index contributed by atoms with van der Waals surface area (Å²) in [5.74, 6) is -5.83. The number of benzene rings is 4. The van der Waals surface area contributed by atoms with Gasteiger partial charge in [-0.1, -0.05) is 6.92 Å². The molecular formula is C57H64O28. The SMILES string of the molecule is CC(=O)OCC1OC(Oc2cc3c(c(O)c2C)C(=O)c2ccc(O)cc2C3=O)C(OC2OC(C)C(O)C(O)C2O)C(O)C1O.Cc1c(OC2OC(CO)C(O)C(O)C2OC2OC(C)C(C)C(O)C2O)cc2c(c1O)C(=O)c1ccc(O)cc1C2=O. The quantitative estimate of drug-likeness (QED) is 0.0641. The topological polar surface area (TPSA) is 452 Å². The number of ether oxygens (including phenoxy) is 9. The Morgan fingerprint density at radius 1 is 0.471 bits per heavy atom. The van der Waals surface area contributed by atoms with Crippen molar-refractivity contribution in [2.75, 3.05) is 13.2 Å². The fourth-order valence-electron chi connectivity index (χ4n) is 10.7. The van der Waals surface area contributed by atoms with Gasteiger partial charge < -0.3 is 114 Å². The number of phenolic OH excluding ortho intramolecular Hbond substituents is 4. The summed E-state index contributed by atoms with van der Waals surface area (Å²) in [6.07, 6.45) is -28.6. The largest absolute Gasteiger partial charge is 0.508 e. The van der Waals surface area contributed by atoms with Crippen LogP contribution < -0.4 is 9.47 Å². The minimum atomic E-state index is -1.84. The van der Waals surface area contributed by atoms with Crippen LogP contribution in [0.2, 0.25) is 0 Å². The summed E-state index contributed by atoms with van der Waals surface area (Å²) in [5, 5.41) is 146. The summed E-state index contributed by atoms with van der Waals surface area (Å²) in [6.45, 7) is 7.39. The highest BCUT2D eigenvalue weighted by molar-refractivity contribution is 6.30. The maximum absolute atomic E-state index is 13.4. The van der Waals surface area contributed by atoms with Gasteiger partial charge >= 0.3 is 5.97 Å². The number of carbonyl (C=O) groups excluding carboxylic acids is 5. The van der Waals surface area contributed by atoms with Crippen molar-refractivity contribution in [3.63, 3.8) is 0 Å². The van der Waals surface area contributed by atoms with E-state index in [0.717, 1.165) is 25.1 Å². The Morgan fingerprint density at radius 3 is 1.34 bits per heavy atom. The fraction of sp³-hybridized carbons (Fsp3) is 0.491. The van der Waals surface area contributed by atoms with Crippen LogP contribution in [-0.2, 0) is 38.0 Å². The van der Waals surface area contributed by atoms with Crippen LogP contribution in [0.15, 0.2) is 48.5 Å². The van der Waals surface area contributed by atoms with Crippen molar-refractivity contribution in [3.8, 4) is 34.5 Å². The van der Waals surface area contributed by atoms with E-state index >= 15 is 0 Å². The summed E-state index contributed by atoms with van der Waals surface area (Å²) in [5.41, 5.74) is -1.20. The van der Waals surface area contributed by atoms with E-state index in [2.05, 4.69) is 0 Å². The van der Waals surface area contributed by atoms with E-state index in [1.165, 1.54) is 51.1 Å². The number of hydrogen-bond donors (Lipinski definition) is 14. The number of hydrogen-bond acceptors (Lipinski definition) is 28. The van der Waals surface area contributed by atoms with Gasteiger partial charge in [0.25, 0.3) is 0 Å². The van der Waals surface area contributed by atoms with Gasteiger partial charge in [0.2, 0.25) is 12.6 Å². The summed E-state index contributed by atoms with van der Waals surface area (Å²) in [4.78, 5) is 64.4. The van der Waals surface area contributed by atoms with E-state index in [-0.39, 0.29) is 78.6 Å². The van der Waals surface area contributed by atoms with Crippen LogP contribution in [0.4, 0.5) is 0 Å². The third-order valence-electron chi connectivity index (χ3n) is 16.0. The van der Waals surface area contributed by atoms with Gasteiger partial charge in [0.15, 0.2) is 47.9 Å². The first-order valence-electron chi connectivity index (χ1n) is 26.8. The lowest BCUT2D eigenvalue weighted by molar-refractivity contribution is -0.354. The zero-order valence-corrected chi connectivity index (χ0v) is 46.1. The minimum absolute atomic E-state index is 0.00687. The Hall–Kier alpha value is -6.81. The van der Waals surface area contributed by atoms with Gasteiger partial charge in [-0.25, -0.2) is 0 Å². The van der Waals surface area contributed by atoms with Crippen molar-refractivity contribution in [1.82, 2.24) is 0 Å². The molecule has 0 radical (unpaired) electrons. The van der Waals surface area contributed by atoms with Gasteiger partial charge in [0, 0.05) is 57.3 Å². The number of aromatic hydroxyl groups is 4. The number of fused-ring (bicyclic) bond motifs is 4. The van der Waals surface area contributed by atoms with Crippen LogP contribution in [-0.4, -0.2) is 231 Å². The van der Waals surface area contributed by atoms with Gasteiger partial charge in [-0.05, 0) is 76.2 Å². The molecule has 20 unspecified atom stereocenters. The smallest absolute Gasteiger partial charge is 0.302 e. The van der Waals surface area contributed by atoms with E-state index < -0.39 is 176 Å². The molecule has 28 nitrogen and oxygen atoms in total. The maximum atomic E-state index is 13.4. The minimum Gasteiger partial charge on any atom is -0.508 e. The van der Waals surface area contributed by atoms with E-state index in [4.69, 9.17) is 42.6 Å². The summed E-state index contributed by atoms with van der Waals surface area (Å²) < 4.78 is 51.0. The Labute approximate surface area is 482 Å². The number of aliphatic hydroxyl groups excluding tert-OH is 10. The molecular weight excluding hydrogens is 1130 g/mol. The molecule has 6 aliphatic rings. The van der Waals surface area contributed by atoms with E-state index in [1.54, 1.807) is 13.8 Å². The van der Waals surface area contributed by atoms with Crippen LogP contribution in [0.5, 0.6) is 34.5 Å². The van der Waals surface area contributed by atoms with Gasteiger partial charge in [-0.3, -0.25) is 24.0 Å². The first-order valence-corrected chi connectivity index (χ1v) is 26.8. The molecule has 0 amide bonds. The molecule has 0 saturated carbocycles. The third kappa shape index (κ3) is 11.6. The molecule has 0 spiro atoms. The molecule has 0 bridgehead atoms. The van der Waals surface area contributed by atoms with Gasteiger partial charge in [-0.15, -0.1) is 0 Å². The Balaban J connectivity index is 0.000000204. The Bertz CT molecular complexity index is 3260. The zero-order valence-electron chi connectivity index (χ0n) is 46.1. The van der Waals surface area contributed by atoms with Crippen molar-refractivity contribution in [3.05, 3.63) is 104 Å². The van der Waals surface area contributed by atoms with E-state index in [9.17, 15) is 95.5 Å². The maximum Gasteiger partial charge on any atom is 0.302 e. The van der Waals surface area contributed by atoms with Gasteiger partial charge in [0.1, 0.15) is 102 Å². The Kier molecular flexibility index (Phi) is 18.1. The second kappa shape index (κ2) is 24.5. The number of rotatable bonds is 11. The number of esters is 1. The molecule has 2 aliphatic carbocycles. The zero-order chi connectivity index (χ0) is 62.1. The summed E-state index contributed by atoms with van der Waals surface area (Å²) in [6, 6.07) is 9.64. The lowest BCUT2D eigenvalue weighted by atomic mass is 9.82. The number of carbonyl (C=O) groups is 5. The first kappa shape index (κ1) is 62.7. The molecule has 4 aromatic carbocycles. The second-order valence-corrected chi connectivity index (χ2v) is 21.5. The predicted octanol–water partition coefficient (Wildman–Crippen LogP) is -1.73. The lowest BCUT2D eigenvalue weighted by Gasteiger charge is -2.46. The van der Waals surface area contributed by atoms with Crippen molar-refractivity contribution in [2.45, 2.75) is 158 Å². The number of aliphatic hydroxyl groups is 10. The average Bonchev–Trinajstić information content (AvgIpc) is 0.881. The van der Waals surface area contributed by atoms with Crippen LogP contribution in [0.3, 0.4) is 0 Å². The number of ketones is 4. The summed E-state index contributed by atoms with van der Waals surface area (Å²) in [7, 11) is 0. The van der Waals surface area contributed by atoms with Crippen molar-refractivity contribution in [1.29, 1.82) is 0 Å². The van der Waals surface area contributed by atoms with Crippen molar-refractivity contribution in [2.24, 2.45) is 5.92 Å². The molecule has 460 valence electrons. The molecule has 28 heteroatoms. The first-order chi connectivity index (χ1) is 40.1. The molecule has 10 rings (SSSR count). The monoisotopic (exact) mass is 1200 g/mol. The lowest BCUT2D eigenvalue weighted by Crippen LogP contribution is -2.64. The molecule has 4 aliphatic heterocycles. The molecule has 85 heavy (non-hydrogen) atoms. The molecule has 20 atom stereocenters. The van der Waals surface area contributed by atoms with Crippen LogP contribution in [0.25, 0.3) is 0 Å². The van der Waals surface area contributed by atoms with Crippen LogP contribution in [0.1, 0.15) is 103 Å². The molecule has 14 N–H and O–H groups in total. The van der Waals surface area contributed by atoms with Gasteiger partial charge in [0.05, 0.1) is 36.0 Å². The fourth-order valence-corrected chi connectivity index (χ4v) is 10.7. The standard InChI is InChI=1S/C29H32O15.C28H32O13/c1-9-16(7-15-18(19(9)32)22(35)13-5-4-12(31)6-14(13)21(15)34)42-29-27(25(38)23(36)17(43-29)8-40-11(3)30)44-28-26(39)24(37)20(33)10(2)41-28;1-9-11(3)38-27(25(37)20(9)32)41-26-24(36)23(35)17(8-29)40-28(26)39-16-7-15-18(19(31)10(16)2)22(34)13-5-4-12(30)6-14(13)21(15)33/h4-7,10,17,20,23-29,31-33,36-39H,8H2,1-3H3;4-7,9,11,17,20,23-32,35-37H,8H2,1-3H3. The van der Waals surface area contributed by atoms with Crippen LogP contribution >= 0.6 is 0 Å². The van der Waals surface area contributed by atoms with E-state index in [0.29, 0.717) is 0 Å². The molecule has 4 saturated heterocycles.